The van der Waals surface area contributed by atoms with E-state index in [0.29, 0.717) is 5.56 Å². The molecule has 0 unspecified atom stereocenters. The Morgan fingerprint density at radius 2 is 1.74 bits per heavy atom. The molecule has 2 aromatic carbocycles. The van der Waals surface area contributed by atoms with Gasteiger partial charge in [-0.15, -0.1) is 0 Å². The molecule has 0 aromatic heterocycles. The van der Waals surface area contributed by atoms with E-state index in [1.807, 2.05) is 0 Å². The van der Waals surface area contributed by atoms with E-state index in [0.717, 1.165) is 0 Å². The molecule has 2 N–H and O–H groups in total. The van der Waals surface area contributed by atoms with E-state index in [2.05, 4.69) is 5.32 Å². The number of carbonyl (C=O) groups is 1. The van der Waals surface area contributed by atoms with E-state index in [-0.39, 0.29) is 30.0 Å². The summed E-state index contributed by atoms with van der Waals surface area (Å²) in [6.07, 6.45) is -0.655. The summed E-state index contributed by atoms with van der Waals surface area (Å²) in [7, 11) is -3.82. The summed E-state index contributed by atoms with van der Waals surface area (Å²) >= 11 is 0. The number of nitrogens with zero attached hydrogens (tertiary/aromatic N) is 1. The summed E-state index contributed by atoms with van der Waals surface area (Å²) in [4.78, 5) is 22.7. The molecule has 0 spiro atoms. The van der Waals surface area contributed by atoms with Crippen LogP contribution in [-0.4, -0.2) is 35.6 Å². The Kier molecular flexibility index (Phi) is 4.99. The molecule has 2 aromatic rings. The number of aliphatic hydroxyl groups excluding tert-OH is 1. The van der Waals surface area contributed by atoms with Crippen LogP contribution in [0.15, 0.2) is 59.5 Å². The molecule has 0 bridgehead atoms. The topological polar surface area (TPSA) is 127 Å². The fourth-order valence-corrected chi connectivity index (χ4v) is 4.77. The van der Waals surface area contributed by atoms with E-state index in [4.69, 9.17) is 0 Å². The smallest absolute Gasteiger partial charge is 0.269 e. The molecule has 1 aliphatic rings. The lowest BCUT2D eigenvalue weighted by Crippen LogP contribution is -2.43. The van der Waals surface area contributed by atoms with Crippen molar-refractivity contribution in [3.05, 3.63) is 70.3 Å². The number of sulfone groups is 1. The number of benzene rings is 2. The van der Waals surface area contributed by atoms with Gasteiger partial charge in [-0.1, -0.05) is 18.2 Å². The number of carbonyl (C=O) groups excluding carboxylic acids is 1. The van der Waals surface area contributed by atoms with E-state index in [1.165, 1.54) is 36.4 Å². The van der Waals surface area contributed by atoms with E-state index in [1.54, 1.807) is 18.2 Å². The van der Waals surface area contributed by atoms with E-state index >= 15 is 0 Å². The van der Waals surface area contributed by atoms with Crippen molar-refractivity contribution in [2.75, 3.05) is 6.54 Å². The van der Waals surface area contributed by atoms with Crippen LogP contribution in [0.3, 0.4) is 0 Å². The SMILES string of the molecule is O=C(NC[C@H](O)c1ccc([N+](=O)[O-])cc1)C1(S(=O)(=O)c2ccccc2)CC1. The number of amides is 1. The molecule has 1 amide bonds. The summed E-state index contributed by atoms with van der Waals surface area (Å²) in [5.74, 6) is -0.646. The Morgan fingerprint density at radius 3 is 2.26 bits per heavy atom. The highest BCUT2D eigenvalue weighted by molar-refractivity contribution is 7.94. The number of nitro benzene ring substituents is 1. The second-order valence-corrected chi connectivity index (χ2v) is 8.64. The molecular formula is C18H18N2O6S. The van der Waals surface area contributed by atoms with Crippen molar-refractivity contribution in [3.8, 4) is 0 Å². The van der Waals surface area contributed by atoms with Gasteiger partial charge >= 0.3 is 0 Å². The number of aliphatic hydroxyl groups is 1. The first-order chi connectivity index (χ1) is 12.8. The highest BCUT2D eigenvalue weighted by Gasteiger charge is 2.61. The van der Waals surface area contributed by atoms with Crippen LogP contribution in [0.1, 0.15) is 24.5 Å². The van der Waals surface area contributed by atoms with Crippen LogP contribution < -0.4 is 5.32 Å². The molecule has 1 saturated carbocycles. The monoisotopic (exact) mass is 390 g/mol. The van der Waals surface area contributed by atoms with Crippen molar-refractivity contribution >= 4 is 21.4 Å². The lowest BCUT2D eigenvalue weighted by molar-refractivity contribution is -0.384. The zero-order valence-corrected chi connectivity index (χ0v) is 15.1. The predicted molar refractivity (Wildman–Crippen MR) is 96.7 cm³/mol. The standard InChI is InChI=1S/C18H18N2O6S/c21-16(13-6-8-14(9-7-13)20(23)24)12-19-17(22)18(10-11-18)27(25,26)15-4-2-1-3-5-15/h1-9,16,21H,10-12H2,(H,19,22)/t16-/m0/s1. The van der Waals surface area contributed by atoms with Crippen molar-refractivity contribution in [1.29, 1.82) is 0 Å². The molecule has 0 radical (unpaired) electrons. The number of hydrogen-bond donors (Lipinski definition) is 2. The van der Waals surface area contributed by atoms with Gasteiger partial charge in [-0.3, -0.25) is 14.9 Å². The van der Waals surface area contributed by atoms with Gasteiger partial charge in [-0.2, -0.15) is 0 Å². The van der Waals surface area contributed by atoms with Crippen molar-refractivity contribution in [2.24, 2.45) is 0 Å². The average molecular weight is 390 g/mol. The number of hydrogen-bond acceptors (Lipinski definition) is 6. The minimum Gasteiger partial charge on any atom is -0.387 e. The molecule has 27 heavy (non-hydrogen) atoms. The summed E-state index contributed by atoms with van der Waals surface area (Å²) in [6.45, 7) is -0.192. The fourth-order valence-electron chi connectivity index (χ4n) is 2.84. The first-order valence-corrected chi connectivity index (χ1v) is 9.77. The van der Waals surface area contributed by atoms with Gasteiger partial charge in [-0.05, 0) is 42.7 Å². The molecule has 1 aliphatic carbocycles. The van der Waals surface area contributed by atoms with Crippen molar-refractivity contribution < 1.29 is 23.2 Å². The molecule has 9 heteroatoms. The normalized spacial score (nSPS) is 16.3. The summed E-state index contributed by atoms with van der Waals surface area (Å²) < 4.78 is 24.1. The van der Waals surface area contributed by atoms with Crippen LogP contribution in [0.5, 0.6) is 0 Å². The van der Waals surface area contributed by atoms with Crippen molar-refractivity contribution in [2.45, 2.75) is 28.6 Å². The Labute approximate surface area is 155 Å². The zero-order chi connectivity index (χ0) is 19.7. The highest BCUT2D eigenvalue weighted by Crippen LogP contribution is 2.47. The van der Waals surface area contributed by atoms with Gasteiger partial charge in [0.25, 0.3) is 5.69 Å². The van der Waals surface area contributed by atoms with Crippen LogP contribution in [0.4, 0.5) is 5.69 Å². The lowest BCUT2D eigenvalue weighted by Gasteiger charge is -2.18. The van der Waals surface area contributed by atoms with Crippen LogP contribution >= 0.6 is 0 Å². The third-order valence-corrected chi connectivity index (χ3v) is 7.15. The van der Waals surface area contributed by atoms with Crippen LogP contribution in [-0.2, 0) is 14.6 Å². The van der Waals surface area contributed by atoms with Gasteiger partial charge in [0.1, 0.15) is 0 Å². The maximum atomic E-state index is 12.8. The first-order valence-electron chi connectivity index (χ1n) is 8.28. The van der Waals surface area contributed by atoms with Gasteiger partial charge in [0, 0.05) is 18.7 Å². The average Bonchev–Trinajstić information content (AvgIpc) is 3.49. The minimum absolute atomic E-state index is 0.0913. The highest BCUT2D eigenvalue weighted by atomic mass is 32.2. The Bertz CT molecular complexity index is 953. The maximum absolute atomic E-state index is 12.8. The summed E-state index contributed by atoms with van der Waals surface area (Å²) in [6, 6.07) is 13.1. The number of rotatable bonds is 7. The second kappa shape index (κ2) is 7.09. The zero-order valence-electron chi connectivity index (χ0n) is 14.2. The molecule has 1 atom stereocenters. The Hall–Kier alpha value is -2.78. The quantitative estimate of drug-likeness (QED) is 0.548. The lowest BCUT2D eigenvalue weighted by atomic mass is 10.1. The van der Waals surface area contributed by atoms with E-state index in [9.17, 15) is 28.4 Å². The number of non-ortho nitro benzene ring substituents is 1. The van der Waals surface area contributed by atoms with Crippen LogP contribution in [0, 0.1) is 10.1 Å². The van der Waals surface area contributed by atoms with Gasteiger partial charge in [0.05, 0.1) is 15.9 Å². The van der Waals surface area contributed by atoms with Crippen LogP contribution in [0.2, 0.25) is 0 Å². The minimum atomic E-state index is -3.82. The molecule has 1 fully saturated rings. The van der Waals surface area contributed by atoms with Gasteiger partial charge < -0.3 is 10.4 Å². The maximum Gasteiger partial charge on any atom is 0.269 e. The molecule has 0 saturated heterocycles. The molecule has 0 heterocycles. The summed E-state index contributed by atoms with van der Waals surface area (Å²) in [5, 5.41) is 23.3. The Balaban J connectivity index is 1.68. The fraction of sp³-hybridized carbons (Fsp3) is 0.278. The van der Waals surface area contributed by atoms with Crippen LogP contribution in [0.25, 0.3) is 0 Å². The predicted octanol–water partition coefficient (Wildman–Crippen LogP) is 1.75. The van der Waals surface area contributed by atoms with Crippen molar-refractivity contribution in [1.82, 2.24) is 5.32 Å². The molecular weight excluding hydrogens is 372 g/mol. The Morgan fingerprint density at radius 1 is 1.15 bits per heavy atom. The third kappa shape index (κ3) is 3.56. The van der Waals surface area contributed by atoms with Crippen molar-refractivity contribution in [3.63, 3.8) is 0 Å². The molecule has 3 rings (SSSR count). The first kappa shape index (κ1) is 19.0. The summed E-state index contributed by atoms with van der Waals surface area (Å²) in [5.41, 5.74) is 0.275. The number of nitrogens with one attached hydrogen (secondary N) is 1. The van der Waals surface area contributed by atoms with Gasteiger partial charge in [0.2, 0.25) is 5.91 Å². The van der Waals surface area contributed by atoms with Gasteiger partial charge in [0.15, 0.2) is 14.6 Å². The number of nitro groups is 1. The van der Waals surface area contributed by atoms with Gasteiger partial charge in [-0.25, -0.2) is 8.42 Å². The molecule has 8 nitrogen and oxygen atoms in total. The largest absolute Gasteiger partial charge is 0.387 e. The molecule has 0 aliphatic heterocycles. The van der Waals surface area contributed by atoms with E-state index < -0.39 is 31.5 Å². The third-order valence-electron chi connectivity index (χ3n) is 4.63. The molecule has 142 valence electrons. The second-order valence-electron chi connectivity index (χ2n) is 6.39.